The third-order valence-electron chi connectivity index (χ3n) is 4.24. The first-order chi connectivity index (χ1) is 13.1. The third kappa shape index (κ3) is 3.52. The lowest BCUT2D eigenvalue weighted by Crippen LogP contribution is -2.16. The minimum atomic E-state index is -0.288. The molecule has 0 unspecified atom stereocenters. The van der Waals surface area contributed by atoms with Gasteiger partial charge >= 0.3 is 0 Å². The highest BCUT2D eigenvalue weighted by atomic mass is 16.7. The molecule has 0 atom stereocenters. The van der Waals surface area contributed by atoms with Crippen LogP contribution >= 0.6 is 0 Å². The summed E-state index contributed by atoms with van der Waals surface area (Å²) in [5.41, 5.74) is 3.81. The second kappa shape index (κ2) is 6.95. The summed E-state index contributed by atoms with van der Waals surface area (Å²) in [5, 5.41) is 6.00. The Bertz CT molecular complexity index is 1000. The monoisotopic (exact) mass is 362 g/mol. The zero-order valence-corrected chi connectivity index (χ0v) is 14.9. The van der Waals surface area contributed by atoms with E-state index in [-0.39, 0.29) is 18.4 Å². The number of nitrogens with zero attached hydrogens (tertiary/aromatic N) is 2. The maximum atomic E-state index is 12.6. The van der Waals surface area contributed by atoms with Gasteiger partial charge in [0.2, 0.25) is 12.7 Å². The van der Waals surface area contributed by atoms with Crippen molar-refractivity contribution < 1.29 is 14.3 Å². The lowest BCUT2D eigenvalue weighted by atomic mass is 10.1. The molecule has 0 bridgehead atoms. The lowest BCUT2D eigenvalue weighted by molar-refractivity contribution is 0.102. The molecule has 1 aromatic heterocycles. The maximum Gasteiger partial charge on any atom is 0.274 e. The predicted octanol–water partition coefficient (Wildman–Crippen LogP) is 3.82. The smallest absolute Gasteiger partial charge is 0.274 e. The Hall–Kier alpha value is -3.61. The van der Waals surface area contributed by atoms with Crippen LogP contribution in [0.4, 0.5) is 17.3 Å². The highest BCUT2D eigenvalue weighted by molar-refractivity contribution is 6.03. The van der Waals surface area contributed by atoms with E-state index < -0.39 is 0 Å². The van der Waals surface area contributed by atoms with Gasteiger partial charge in [-0.05, 0) is 43.2 Å². The van der Waals surface area contributed by atoms with Crippen molar-refractivity contribution in [1.29, 1.82) is 0 Å². The molecule has 1 amide bonds. The second-order valence-electron chi connectivity index (χ2n) is 6.18. The van der Waals surface area contributed by atoms with Gasteiger partial charge in [0.1, 0.15) is 5.69 Å². The van der Waals surface area contributed by atoms with Crippen molar-refractivity contribution in [1.82, 2.24) is 9.97 Å². The van der Waals surface area contributed by atoms with Crippen LogP contribution in [0.2, 0.25) is 0 Å². The molecule has 1 aliphatic heterocycles. The topological polar surface area (TPSA) is 85.4 Å². The highest BCUT2D eigenvalue weighted by Gasteiger charge is 2.15. The van der Waals surface area contributed by atoms with Crippen LogP contribution in [0.25, 0.3) is 0 Å². The van der Waals surface area contributed by atoms with Crippen LogP contribution in [-0.2, 0) is 0 Å². The van der Waals surface area contributed by atoms with E-state index in [1.807, 2.05) is 44.2 Å². The van der Waals surface area contributed by atoms with E-state index in [0.29, 0.717) is 17.4 Å². The Balaban J connectivity index is 1.53. The summed E-state index contributed by atoms with van der Waals surface area (Å²) in [7, 11) is 0. The number of fused-ring (bicyclic) bond motifs is 1. The molecule has 0 aliphatic carbocycles. The summed E-state index contributed by atoms with van der Waals surface area (Å²) >= 11 is 0. The molecular weight excluding hydrogens is 344 g/mol. The number of benzene rings is 2. The molecule has 2 aromatic carbocycles. The van der Waals surface area contributed by atoms with Crippen molar-refractivity contribution in [2.24, 2.45) is 0 Å². The minimum absolute atomic E-state index is 0.212. The number of nitrogens with one attached hydrogen (secondary N) is 2. The molecule has 4 rings (SSSR count). The minimum Gasteiger partial charge on any atom is -0.454 e. The van der Waals surface area contributed by atoms with E-state index in [0.717, 1.165) is 22.5 Å². The van der Waals surface area contributed by atoms with Crippen molar-refractivity contribution in [2.75, 3.05) is 17.4 Å². The SMILES string of the molecule is Cc1cccc(C)c1NC(=O)c1ccnc(Nc2ccc3c(c2)OCO3)n1. The molecule has 27 heavy (non-hydrogen) atoms. The maximum absolute atomic E-state index is 12.6. The molecule has 1 aliphatic rings. The van der Waals surface area contributed by atoms with Gasteiger partial charge in [0.05, 0.1) is 0 Å². The summed E-state index contributed by atoms with van der Waals surface area (Å²) < 4.78 is 10.7. The largest absolute Gasteiger partial charge is 0.454 e. The van der Waals surface area contributed by atoms with E-state index in [9.17, 15) is 4.79 Å². The Labute approximate surface area is 156 Å². The first-order valence-corrected chi connectivity index (χ1v) is 8.47. The fraction of sp³-hybridized carbons (Fsp3) is 0.150. The van der Waals surface area contributed by atoms with Crippen LogP contribution in [0.5, 0.6) is 11.5 Å². The van der Waals surface area contributed by atoms with Gasteiger partial charge in [0, 0.05) is 23.6 Å². The first-order valence-electron chi connectivity index (χ1n) is 8.47. The van der Waals surface area contributed by atoms with Crippen LogP contribution in [0.3, 0.4) is 0 Å². The summed E-state index contributed by atoms with van der Waals surface area (Å²) in [6.07, 6.45) is 1.54. The molecule has 3 aromatic rings. The Morgan fingerprint density at radius 2 is 1.81 bits per heavy atom. The van der Waals surface area contributed by atoms with Gasteiger partial charge < -0.3 is 20.1 Å². The Kier molecular flexibility index (Phi) is 4.33. The predicted molar refractivity (Wildman–Crippen MR) is 102 cm³/mol. The van der Waals surface area contributed by atoms with E-state index in [2.05, 4.69) is 20.6 Å². The summed E-state index contributed by atoms with van der Waals surface area (Å²) in [5.74, 6) is 1.39. The zero-order chi connectivity index (χ0) is 18.8. The van der Waals surface area contributed by atoms with Crippen molar-refractivity contribution in [3.05, 3.63) is 65.5 Å². The van der Waals surface area contributed by atoms with Crippen LogP contribution in [0.15, 0.2) is 48.7 Å². The molecule has 2 N–H and O–H groups in total. The van der Waals surface area contributed by atoms with Crippen molar-refractivity contribution in [2.45, 2.75) is 13.8 Å². The molecule has 0 radical (unpaired) electrons. The van der Waals surface area contributed by atoms with Crippen LogP contribution in [0, 0.1) is 13.8 Å². The number of hydrogen-bond acceptors (Lipinski definition) is 6. The van der Waals surface area contributed by atoms with E-state index in [4.69, 9.17) is 9.47 Å². The standard InChI is InChI=1S/C20H18N4O3/c1-12-4-3-5-13(2)18(12)24-19(25)15-8-9-21-20(23-15)22-14-6-7-16-17(10-14)27-11-26-16/h3-10H,11H2,1-2H3,(H,24,25)(H,21,22,23). The van der Waals surface area contributed by atoms with Gasteiger partial charge in [-0.3, -0.25) is 4.79 Å². The van der Waals surface area contributed by atoms with Crippen molar-refractivity contribution >= 4 is 23.2 Å². The molecule has 0 fully saturated rings. The van der Waals surface area contributed by atoms with Gasteiger partial charge in [0.15, 0.2) is 11.5 Å². The number of anilines is 3. The molecule has 136 valence electrons. The van der Waals surface area contributed by atoms with Crippen LogP contribution < -0.4 is 20.1 Å². The molecule has 0 spiro atoms. The number of ether oxygens (including phenoxy) is 2. The molecule has 0 saturated carbocycles. The van der Waals surface area contributed by atoms with Gasteiger partial charge in [-0.25, -0.2) is 9.97 Å². The van der Waals surface area contributed by atoms with Gasteiger partial charge in [-0.15, -0.1) is 0 Å². The molecule has 7 heteroatoms. The van der Waals surface area contributed by atoms with Gasteiger partial charge in [-0.2, -0.15) is 0 Å². The van der Waals surface area contributed by atoms with E-state index in [1.165, 1.54) is 0 Å². The second-order valence-corrected chi connectivity index (χ2v) is 6.18. The van der Waals surface area contributed by atoms with Crippen LogP contribution in [0.1, 0.15) is 21.6 Å². The number of rotatable bonds is 4. The van der Waals surface area contributed by atoms with E-state index >= 15 is 0 Å². The Morgan fingerprint density at radius 3 is 2.63 bits per heavy atom. The third-order valence-corrected chi connectivity index (χ3v) is 4.24. The average molecular weight is 362 g/mol. The van der Waals surface area contributed by atoms with Crippen LogP contribution in [-0.4, -0.2) is 22.7 Å². The summed E-state index contributed by atoms with van der Waals surface area (Å²) in [6, 6.07) is 12.9. The average Bonchev–Trinajstić information content (AvgIpc) is 3.13. The fourth-order valence-electron chi connectivity index (χ4n) is 2.84. The molecule has 0 saturated heterocycles. The molecular formula is C20H18N4O3. The number of carbonyl (C=O) groups is 1. The number of aryl methyl sites for hydroxylation is 2. The first kappa shape index (κ1) is 16.8. The summed E-state index contributed by atoms with van der Waals surface area (Å²) in [4.78, 5) is 21.1. The number of amides is 1. The van der Waals surface area contributed by atoms with E-state index in [1.54, 1.807) is 18.3 Å². The van der Waals surface area contributed by atoms with Crippen molar-refractivity contribution in [3.8, 4) is 11.5 Å². The fourth-order valence-corrected chi connectivity index (χ4v) is 2.84. The van der Waals surface area contributed by atoms with Gasteiger partial charge in [-0.1, -0.05) is 18.2 Å². The lowest BCUT2D eigenvalue weighted by Gasteiger charge is -2.11. The van der Waals surface area contributed by atoms with Crippen molar-refractivity contribution in [3.63, 3.8) is 0 Å². The summed E-state index contributed by atoms with van der Waals surface area (Å²) in [6.45, 7) is 4.12. The van der Waals surface area contributed by atoms with Gasteiger partial charge in [0.25, 0.3) is 5.91 Å². The molecule has 7 nitrogen and oxygen atoms in total. The number of aromatic nitrogens is 2. The highest BCUT2D eigenvalue weighted by Crippen LogP contribution is 2.34. The number of para-hydroxylation sites is 1. The Morgan fingerprint density at radius 1 is 1.04 bits per heavy atom. The molecule has 2 heterocycles. The number of hydrogen-bond donors (Lipinski definition) is 2. The zero-order valence-electron chi connectivity index (χ0n) is 14.9. The normalized spacial score (nSPS) is 11.9. The quantitative estimate of drug-likeness (QED) is 0.734. The number of carbonyl (C=O) groups excluding carboxylic acids is 1.